The van der Waals surface area contributed by atoms with Crippen LogP contribution in [0.5, 0.6) is 5.75 Å². The summed E-state index contributed by atoms with van der Waals surface area (Å²) in [7, 11) is 0. The molecule has 5 heteroatoms. The highest BCUT2D eigenvalue weighted by molar-refractivity contribution is 5.83. The monoisotopic (exact) mass is 323 g/mol. The number of nitrogens with zero attached hydrogens (tertiary/aromatic N) is 3. The Labute approximate surface area is 141 Å². The van der Waals surface area contributed by atoms with Crippen molar-refractivity contribution in [3.8, 4) is 5.75 Å². The minimum Gasteiger partial charge on any atom is -0.491 e. The van der Waals surface area contributed by atoms with Crippen LogP contribution in [0, 0.1) is 0 Å². The lowest BCUT2D eigenvalue weighted by atomic mass is 10.1. The van der Waals surface area contributed by atoms with E-state index in [1.807, 2.05) is 42.7 Å². The smallest absolute Gasteiger partial charge is 0.122 e. The van der Waals surface area contributed by atoms with Crippen molar-refractivity contribution in [1.82, 2.24) is 14.5 Å². The summed E-state index contributed by atoms with van der Waals surface area (Å²) >= 11 is 0. The Morgan fingerprint density at radius 2 is 2.00 bits per heavy atom. The minimum absolute atomic E-state index is 0.295. The maximum atomic E-state index is 10.3. The Kier molecular flexibility index (Phi) is 4.19. The molecule has 0 radical (unpaired) electrons. The molecule has 0 aliphatic carbocycles. The average molecular weight is 323 g/mol. The van der Waals surface area contributed by atoms with Gasteiger partial charge in [0, 0.05) is 32.0 Å². The van der Waals surface area contributed by atoms with Gasteiger partial charge in [0.2, 0.25) is 0 Å². The molecule has 2 aromatic carbocycles. The van der Waals surface area contributed by atoms with Gasteiger partial charge in [-0.15, -0.1) is 0 Å². The fourth-order valence-corrected chi connectivity index (χ4v) is 3.18. The molecule has 5 nitrogen and oxygen atoms in total. The zero-order chi connectivity index (χ0) is 16.4. The van der Waals surface area contributed by atoms with Gasteiger partial charge in [-0.25, -0.2) is 4.98 Å². The van der Waals surface area contributed by atoms with Crippen LogP contribution in [0.3, 0.4) is 0 Å². The highest BCUT2D eigenvalue weighted by Gasteiger charge is 2.19. The van der Waals surface area contributed by atoms with Gasteiger partial charge in [0.1, 0.15) is 24.3 Å². The van der Waals surface area contributed by atoms with Gasteiger partial charge >= 0.3 is 0 Å². The first-order valence-electron chi connectivity index (χ1n) is 8.30. The third-order valence-electron chi connectivity index (χ3n) is 4.46. The van der Waals surface area contributed by atoms with Crippen molar-refractivity contribution < 1.29 is 9.84 Å². The average Bonchev–Trinajstić information content (AvgIpc) is 3.07. The van der Waals surface area contributed by atoms with Crippen molar-refractivity contribution in [2.75, 3.05) is 19.7 Å². The molecule has 1 N–H and O–H groups in total. The Bertz CT molecular complexity index is 830. The van der Waals surface area contributed by atoms with E-state index in [0.29, 0.717) is 13.2 Å². The summed E-state index contributed by atoms with van der Waals surface area (Å²) in [4.78, 5) is 6.56. The normalized spacial score (nSPS) is 16.0. The first kappa shape index (κ1) is 15.2. The molecule has 0 unspecified atom stereocenters. The number of aliphatic hydroxyl groups excluding tert-OH is 1. The van der Waals surface area contributed by atoms with Crippen LogP contribution < -0.4 is 4.74 Å². The molecule has 1 aliphatic heterocycles. The number of hydrogen-bond donors (Lipinski definition) is 1. The first-order valence-corrected chi connectivity index (χ1v) is 8.30. The summed E-state index contributed by atoms with van der Waals surface area (Å²) in [6.07, 6.45) is 3.32. The van der Waals surface area contributed by atoms with Crippen LogP contribution in [-0.4, -0.2) is 45.4 Å². The molecule has 1 aromatic heterocycles. The summed E-state index contributed by atoms with van der Waals surface area (Å²) in [5.41, 5.74) is 0. The molecule has 0 fully saturated rings. The summed E-state index contributed by atoms with van der Waals surface area (Å²) in [5, 5.41) is 12.6. The number of β-amino-alcohol motifs (C(OH)–C–C–N with tert-alkyl or cyclic N) is 1. The largest absolute Gasteiger partial charge is 0.491 e. The maximum absolute atomic E-state index is 10.3. The number of rotatable bonds is 5. The van der Waals surface area contributed by atoms with Crippen LogP contribution in [0.15, 0.2) is 54.9 Å². The molecular formula is C19H21N3O2. The lowest BCUT2D eigenvalue weighted by molar-refractivity contribution is 0.0584. The van der Waals surface area contributed by atoms with Crippen LogP contribution in [0.1, 0.15) is 5.82 Å². The van der Waals surface area contributed by atoms with Crippen LogP contribution in [0.25, 0.3) is 10.8 Å². The van der Waals surface area contributed by atoms with Crippen molar-refractivity contribution in [2.24, 2.45) is 0 Å². The number of aromatic nitrogens is 2. The lowest BCUT2D eigenvalue weighted by Crippen LogP contribution is -2.40. The second kappa shape index (κ2) is 6.63. The van der Waals surface area contributed by atoms with Crippen molar-refractivity contribution in [1.29, 1.82) is 0 Å². The highest BCUT2D eigenvalue weighted by atomic mass is 16.5. The molecule has 0 bridgehead atoms. The molecular weight excluding hydrogens is 302 g/mol. The Morgan fingerprint density at radius 3 is 2.92 bits per heavy atom. The van der Waals surface area contributed by atoms with E-state index in [1.54, 1.807) is 0 Å². The predicted octanol–water partition coefficient (Wildman–Crippen LogP) is 2.29. The van der Waals surface area contributed by atoms with E-state index < -0.39 is 6.10 Å². The number of fused-ring (bicyclic) bond motifs is 2. The molecule has 3 aromatic rings. The third kappa shape index (κ3) is 3.27. The molecule has 4 rings (SSSR count). The van der Waals surface area contributed by atoms with E-state index >= 15 is 0 Å². The van der Waals surface area contributed by atoms with Gasteiger partial charge in [-0.1, -0.05) is 30.3 Å². The fourth-order valence-electron chi connectivity index (χ4n) is 3.18. The quantitative estimate of drug-likeness (QED) is 0.783. The molecule has 0 spiro atoms. The third-order valence-corrected chi connectivity index (χ3v) is 4.46. The molecule has 2 heterocycles. The summed E-state index contributed by atoms with van der Waals surface area (Å²) in [6, 6.07) is 14.2. The Balaban J connectivity index is 1.32. The zero-order valence-electron chi connectivity index (χ0n) is 13.5. The summed E-state index contributed by atoms with van der Waals surface area (Å²) < 4.78 is 7.94. The van der Waals surface area contributed by atoms with Gasteiger partial charge in [0.15, 0.2) is 0 Å². The summed E-state index contributed by atoms with van der Waals surface area (Å²) in [5.74, 6) is 1.85. The van der Waals surface area contributed by atoms with E-state index in [1.165, 1.54) is 5.39 Å². The van der Waals surface area contributed by atoms with Crippen LogP contribution in [-0.2, 0) is 13.1 Å². The van der Waals surface area contributed by atoms with E-state index in [2.05, 4.69) is 26.6 Å². The number of benzene rings is 2. The van der Waals surface area contributed by atoms with E-state index in [0.717, 1.165) is 36.6 Å². The van der Waals surface area contributed by atoms with Gasteiger partial charge < -0.3 is 14.4 Å². The van der Waals surface area contributed by atoms with Crippen molar-refractivity contribution >= 4 is 10.8 Å². The van der Waals surface area contributed by atoms with Gasteiger partial charge in [0.25, 0.3) is 0 Å². The van der Waals surface area contributed by atoms with Gasteiger partial charge in [0.05, 0.1) is 6.54 Å². The van der Waals surface area contributed by atoms with Crippen LogP contribution in [0.2, 0.25) is 0 Å². The molecule has 0 amide bonds. The van der Waals surface area contributed by atoms with Gasteiger partial charge in [-0.3, -0.25) is 4.90 Å². The standard InChI is InChI=1S/C19H21N3O2/c23-17(12-21-9-10-22-8-7-20-19(22)13-21)14-24-18-6-5-15-3-1-2-4-16(15)11-18/h1-8,11,17,23H,9-10,12-14H2/t17-/m1/s1. The van der Waals surface area contributed by atoms with Gasteiger partial charge in [-0.05, 0) is 22.9 Å². The van der Waals surface area contributed by atoms with Crippen LogP contribution >= 0.6 is 0 Å². The molecule has 0 saturated carbocycles. The zero-order valence-corrected chi connectivity index (χ0v) is 13.5. The summed E-state index contributed by atoms with van der Waals surface area (Å²) in [6.45, 7) is 3.52. The second-order valence-electron chi connectivity index (χ2n) is 6.25. The van der Waals surface area contributed by atoms with Crippen LogP contribution in [0.4, 0.5) is 0 Å². The molecule has 24 heavy (non-hydrogen) atoms. The topological polar surface area (TPSA) is 50.5 Å². The molecule has 0 saturated heterocycles. The fraction of sp³-hybridized carbons (Fsp3) is 0.316. The Hall–Kier alpha value is -2.37. The van der Waals surface area contributed by atoms with Crippen molar-refractivity contribution in [2.45, 2.75) is 19.2 Å². The minimum atomic E-state index is -0.516. The van der Waals surface area contributed by atoms with Crippen molar-refractivity contribution in [3.63, 3.8) is 0 Å². The first-order chi connectivity index (χ1) is 11.8. The van der Waals surface area contributed by atoms with Gasteiger partial charge in [-0.2, -0.15) is 0 Å². The number of imidazole rings is 1. The number of hydrogen-bond acceptors (Lipinski definition) is 4. The lowest BCUT2D eigenvalue weighted by Gasteiger charge is -2.29. The highest BCUT2D eigenvalue weighted by Crippen LogP contribution is 2.20. The molecule has 1 aliphatic rings. The van der Waals surface area contributed by atoms with E-state index in [9.17, 15) is 5.11 Å². The van der Waals surface area contributed by atoms with E-state index in [-0.39, 0.29) is 0 Å². The molecule has 1 atom stereocenters. The number of aliphatic hydroxyl groups is 1. The van der Waals surface area contributed by atoms with E-state index in [4.69, 9.17) is 4.74 Å². The number of ether oxygens (including phenoxy) is 1. The van der Waals surface area contributed by atoms with Crippen molar-refractivity contribution in [3.05, 3.63) is 60.7 Å². The SMILES string of the molecule is O[C@@H](COc1ccc2ccccc2c1)CN1CCn2ccnc2C1. The second-order valence-corrected chi connectivity index (χ2v) is 6.25. The Morgan fingerprint density at radius 1 is 1.12 bits per heavy atom. The molecule has 124 valence electrons. The predicted molar refractivity (Wildman–Crippen MR) is 93.0 cm³/mol. The maximum Gasteiger partial charge on any atom is 0.122 e.